The number of rotatable bonds is 0. The van der Waals surface area contributed by atoms with E-state index in [9.17, 15) is 9.59 Å². The molecule has 0 aromatic carbocycles. The third kappa shape index (κ3) is 5.02. The van der Waals surface area contributed by atoms with Crippen molar-refractivity contribution in [3.8, 4) is 0 Å². The Hall–Kier alpha value is -1.46. The van der Waals surface area contributed by atoms with Gasteiger partial charge in [-0.2, -0.15) is 0 Å². The van der Waals surface area contributed by atoms with Gasteiger partial charge in [-0.25, -0.2) is 9.59 Å². The molecular formula is C18H32N2O4. The molecule has 0 aromatic rings. The summed E-state index contributed by atoms with van der Waals surface area (Å²) >= 11 is 0. The lowest BCUT2D eigenvalue weighted by molar-refractivity contribution is -0.0375. The maximum atomic E-state index is 12.5. The fraction of sp³-hybridized carbons (Fsp3) is 0.889. The second kappa shape index (κ2) is 6.81. The van der Waals surface area contributed by atoms with Gasteiger partial charge in [0.15, 0.2) is 0 Å². The van der Waals surface area contributed by atoms with Gasteiger partial charge in [0, 0.05) is 13.1 Å². The van der Waals surface area contributed by atoms with Crippen molar-refractivity contribution in [3.05, 3.63) is 0 Å². The zero-order chi connectivity index (χ0) is 18.1. The highest BCUT2D eigenvalue weighted by Gasteiger charge is 2.42. The summed E-state index contributed by atoms with van der Waals surface area (Å²) < 4.78 is 11.1. The predicted molar refractivity (Wildman–Crippen MR) is 91.9 cm³/mol. The second-order valence-electron chi connectivity index (χ2n) is 8.86. The molecule has 0 spiro atoms. The van der Waals surface area contributed by atoms with E-state index in [1.165, 1.54) is 0 Å². The molecule has 0 aromatic heterocycles. The van der Waals surface area contributed by atoms with Crippen LogP contribution in [0.4, 0.5) is 9.59 Å². The summed E-state index contributed by atoms with van der Waals surface area (Å²) in [7, 11) is 0. The van der Waals surface area contributed by atoms with E-state index in [4.69, 9.17) is 9.47 Å². The number of fused-ring (bicyclic) bond motifs is 5. The average molecular weight is 340 g/mol. The van der Waals surface area contributed by atoms with Gasteiger partial charge in [-0.3, -0.25) is 0 Å². The molecule has 3 aliphatic rings. The van der Waals surface area contributed by atoms with Crippen molar-refractivity contribution in [1.29, 1.82) is 0 Å². The molecule has 2 atom stereocenters. The van der Waals surface area contributed by atoms with E-state index >= 15 is 0 Å². The first-order valence-corrected chi connectivity index (χ1v) is 8.95. The molecule has 2 bridgehead atoms. The van der Waals surface area contributed by atoms with E-state index in [0.717, 1.165) is 25.7 Å². The molecule has 3 heterocycles. The van der Waals surface area contributed by atoms with Crippen LogP contribution in [0.2, 0.25) is 0 Å². The summed E-state index contributed by atoms with van der Waals surface area (Å²) in [4.78, 5) is 28.7. The molecule has 3 aliphatic heterocycles. The number of nitrogens with zero attached hydrogens (tertiary/aromatic N) is 2. The zero-order valence-corrected chi connectivity index (χ0v) is 15.9. The van der Waals surface area contributed by atoms with E-state index in [-0.39, 0.29) is 24.3 Å². The highest BCUT2D eigenvalue weighted by Crippen LogP contribution is 2.29. The van der Waals surface area contributed by atoms with Gasteiger partial charge >= 0.3 is 12.2 Å². The lowest BCUT2D eigenvalue weighted by atomic mass is 9.94. The minimum absolute atomic E-state index is 0.00363. The molecule has 6 nitrogen and oxygen atoms in total. The van der Waals surface area contributed by atoms with Crippen molar-refractivity contribution in [2.75, 3.05) is 13.1 Å². The van der Waals surface area contributed by atoms with Gasteiger partial charge in [-0.1, -0.05) is 12.8 Å². The molecule has 3 fully saturated rings. The molecule has 0 aliphatic carbocycles. The van der Waals surface area contributed by atoms with Crippen molar-refractivity contribution in [1.82, 2.24) is 9.80 Å². The fourth-order valence-corrected chi connectivity index (χ4v) is 3.29. The van der Waals surface area contributed by atoms with Crippen molar-refractivity contribution in [2.24, 2.45) is 0 Å². The van der Waals surface area contributed by atoms with Crippen molar-refractivity contribution in [3.63, 3.8) is 0 Å². The van der Waals surface area contributed by atoms with Gasteiger partial charge < -0.3 is 19.3 Å². The Labute approximate surface area is 145 Å². The molecule has 0 radical (unpaired) electrons. The van der Waals surface area contributed by atoms with Crippen LogP contribution in [0, 0.1) is 0 Å². The average Bonchev–Trinajstić information content (AvgIpc) is 2.33. The Morgan fingerprint density at radius 2 is 1.08 bits per heavy atom. The lowest BCUT2D eigenvalue weighted by Gasteiger charge is -2.48. The molecule has 2 amide bonds. The van der Waals surface area contributed by atoms with Gasteiger partial charge in [0.25, 0.3) is 0 Å². The smallest absolute Gasteiger partial charge is 0.410 e. The number of piperazine rings is 1. The Kier molecular flexibility index (Phi) is 5.35. The summed E-state index contributed by atoms with van der Waals surface area (Å²) in [6, 6.07) is 0.00726. The quantitative estimate of drug-likeness (QED) is 0.673. The summed E-state index contributed by atoms with van der Waals surface area (Å²) in [6.07, 6.45) is 3.38. The molecule has 0 N–H and O–H groups in total. The van der Waals surface area contributed by atoms with Crippen LogP contribution < -0.4 is 0 Å². The van der Waals surface area contributed by atoms with Gasteiger partial charge in [0.1, 0.15) is 11.2 Å². The van der Waals surface area contributed by atoms with Crippen LogP contribution in [-0.4, -0.2) is 58.4 Å². The SMILES string of the molecule is CC(C)(C)OC(=O)N1CC2CCCCC1CN2C(=O)OC(C)(C)C. The summed E-state index contributed by atoms with van der Waals surface area (Å²) in [5, 5.41) is 0. The molecular weight excluding hydrogens is 308 g/mol. The summed E-state index contributed by atoms with van der Waals surface area (Å²) in [6.45, 7) is 12.3. The minimum atomic E-state index is -0.510. The number of hydrogen-bond donors (Lipinski definition) is 0. The first-order valence-electron chi connectivity index (χ1n) is 8.95. The number of carbonyl (C=O) groups is 2. The Balaban J connectivity index is 2.12. The van der Waals surface area contributed by atoms with Crippen molar-refractivity contribution >= 4 is 12.2 Å². The van der Waals surface area contributed by atoms with Crippen LogP contribution in [0.1, 0.15) is 67.2 Å². The Bertz CT molecular complexity index is 434. The molecule has 2 unspecified atom stereocenters. The van der Waals surface area contributed by atoms with Crippen LogP contribution in [0.5, 0.6) is 0 Å². The Morgan fingerprint density at radius 1 is 0.750 bits per heavy atom. The summed E-state index contributed by atoms with van der Waals surface area (Å²) in [5.74, 6) is 0. The van der Waals surface area contributed by atoms with Crippen LogP contribution in [-0.2, 0) is 9.47 Å². The van der Waals surface area contributed by atoms with Crippen LogP contribution in [0.3, 0.4) is 0 Å². The zero-order valence-electron chi connectivity index (χ0n) is 15.9. The van der Waals surface area contributed by atoms with Crippen LogP contribution in [0.15, 0.2) is 0 Å². The molecule has 138 valence electrons. The Morgan fingerprint density at radius 3 is 1.38 bits per heavy atom. The molecule has 0 saturated carbocycles. The minimum Gasteiger partial charge on any atom is -0.444 e. The van der Waals surface area contributed by atoms with Gasteiger partial charge in [-0.05, 0) is 54.4 Å². The molecule has 6 heteroatoms. The van der Waals surface area contributed by atoms with E-state index in [1.807, 2.05) is 51.3 Å². The number of hydrogen-bond acceptors (Lipinski definition) is 4. The topological polar surface area (TPSA) is 59.1 Å². The van der Waals surface area contributed by atoms with E-state index in [1.54, 1.807) is 0 Å². The first kappa shape index (κ1) is 18.9. The van der Waals surface area contributed by atoms with E-state index in [0.29, 0.717) is 13.1 Å². The van der Waals surface area contributed by atoms with Crippen LogP contribution >= 0.6 is 0 Å². The number of ether oxygens (including phenoxy) is 2. The van der Waals surface area contributed by atoms with E-state index < -0.39 is 11.2 Å². The second-order valence-corrected chi connectivity index (χ2v) is 8.86. The normalized spacial score (nSPS) is 25.1. The molecule has 3 rings (SSSR count). The first-order chi connectivity index (χ1) is 11.0. The monoisotopic (exact) mass is 340 g/mol. The van der Waals surface area contributed by atoms with Gasteiger partial charge in [0.05, 0.1) is 12.1 Å². The third-order valence-electron chi connectivity index (χ3n) is 4.28. The fourth-order valence-electron chi connectivity index (χ4n) is 3.29. The van der Waals surface area contributed by atoms with Crippen molar-refractivity contribution in [2.45, 2.75) is 90.5 Å². The maximum Gasteiger partial charge on any atom is 0.410 e. The van der Waals surface area contributed by atoms with Crippen molar-refractivity contribution < 1.29 is 19.1 Å². The highest BCUT2D eigenvalue weighted by atomic mass is 16.6. The van der Waals surface area contributed by atoms with Gasteiger partial charge in [-0.15, -0.1) is 0 Å². The summed E-state index contributed by atoms with van der Waals surface area (Å²) in [5.41, 5.74) is -1.02. The van der Waals surface area contributed by atoms with Crippen LogP contribution in [0.25, 0.3) is 0 Å². The number of carbonyl (C=O) groups excluding carboxylic acids is 2. The standard InChI is InChI=1S/C18H32N2O4/c1-17(2,3)23-15(21)19-11-14-10-8-7-9-13(19)12-20(14)16(22)24-18(4,5)6/h13-14H,7-12H2,1-6H3. The van der Waals surface area contributed by atoms with Gasteiger partial charge in [0.2, 0.25) is 0 Å². The number of amides is 2. The largest absolute Gasteiger partial charge is 0.444 e. The molecule has 3 saturated heterocycles. The predicted octanol–water partition coefficient (Wildman–Crippen LogP) is 3.79. The highest BCUT2D eigenvalue weighted by molar-refractivity contribution is 5.71. The van der Waals surface area contributed by atoms with E-state index in [2.05, 4.69) is 0 Å². The lowest BCUT2D eigenvalue weighted by Crippen LogP contribution is -2.62. The third-order valence-corrected chi connectivity index (χ3v) is 4.28. The molecule has 24 heavy (non-hydrogen) atoms. The maximum absolute atomic E-state index is 12.5.